The highest BCUT2D eigenvalue weighted by atomic mass is 19.2. The Hall–Kier alpha value is -1.07. The molecule has 1 aromatic rings. The van der Waals surface area contributed by atoms with Crippen LogP contribution in [0.25, 0.3) is 0 Å². The fraction of sp³-hybridized carbons (Fsp3) is 0.600. The van der Waals surface area contributed by atoms with Crippen molar-refractivity contribution in [2.75, 3.05) is 26.2 Å². The molecule has 2 nitrogen and oxygen atoms in total. The lowest BCUT2D eigenvalue weighted by Crippen LogP contribution is -2.48. The molecule has 112 valence electrons. The van der Waals surface area contributed by atoms with Crippen molar-refractivity contribution in [1.29, 1.82) is 0 Å². The van der Waals surface area contributed by atoms with Crippen molar-refractivity contribution in [2.45, 2.75) is 26.8 Å². The Balaban J connectivity index is 2.44. The smallest absolute Gasteiger partial charge is 0.194 e. The number of halogens is 3. The predicted octanol–water partition coefficient (Wildman–Crippen LogP) is 3.10. The van der Waals surface area contributed by atoms with E-state index in [-0.39, 0.29) is 17.0 Å². The van der Waals surface area contributed by atoms with Crippen LogP contribution < -0.4 is 5.32 Å². The first kappa shape index (κ1) is 15.3. The second-order valence-corrected chi connectivity index (χ2v) is 6.32. The standard InChI is InChI=1S/C15H21F3N2/c1-15(2,3)14(20-8-6-19-7-9-20)10-4-5-11(16)13(18)12(10)17/h4-5,14,19H,6-9H2,1-3H3/t14-/m0/s1. The Morgan fingerprint density at radius 1 is 1.05 bits per heavy atom. The minimum absolute atomic E-state index is 0.235. The molecule has 0 amide bonds. The Bertz CT molecular complexity index is 477. The average Bonchev–Trinajstić information content (AvgIpc) is 2.39. The van der Waals surface area contributed by atoms with Crippen LogP contribution in [-0.4, -0.2) is 31.1 Å². The molecule has 0 aliphatic carbocycles. The monoisotopic (exact) mass is 286 g/mol. The summed E-state index contributed by atoms with van der Waals surface area (Å²) in [5, 5.41) is 3.24. The summed E-state index contributed by atoms with van der Waals surface area (Å²) in [5.41, 5.74) is -0.0408. The summed E-state index contributed by atoms with van der Waals surface area (Å²) < 4.78 is 40.8. The maximum Gasteiger partial charge on any atom is 0.194 e. The third kappa shape index (κ3) is 2.99. The van der Waals surface area contributed by atoms with Gasteiger partial charge in [0.15, 0.2) is 17.5 Å². The van der Waals surface area contributed by atoms with E-state index in [0.717, 1.165) is 32.2 Å². The second kappa shape index (κ2) is 5.74. The topological polar surface area (TPSA) is 15.3 Å². The van der Waals surface area contributed by atoms with Crippen molar-refractivity contribution in [1.82, 2.24) is 10.2 Å². The van der Waals surface area contributed by atoms with Crippen LogP contribution in [0, 0.1) is 22.9 Å². The number of benzene rings is 1. The minimum atomic E-state index is -1.38. The van der Waals surface area contributed by atoms with Crippen LogP contribution in [0.15, 0.2) is 12.1 Å². The fourth-order valence-corrected chi connectivity index (χ4v) is 2.90. The van der Waals surface area contributed by atoms with Gasteiger partial charge in [-0.25, -0.2) is 13.2 Å². The van der Waals surface area contributed by atoms with Gasteiger partial charge in [0.2, 0.25) is 0 Å². The Morgan fingerprint density at radius 3 is 2.20 bits per heavy atom. The molecule has 1 atom stereocenters. The molecule has 0 spiro atoms. The van der Waals surface area contributed by atoms with Crippen molar-refractivity contribution in [3.63, 3.8) is 0 Å². The van der Waals surface area contributed by atoms with Gasteiger partial charge in [0, 0.05) is 37.8 Å². The molecule has 2 rings (SSSR count). The maximum atomic E-state index is 14.1. The highest BCUT2D eigenvalue weighted by molar-refractivity contribution is 5.25. The molecular formula is C15H21F3N2. The third-order valence-corrected chi connectivity index (χ3v) is 3.70. The van der Waals surface area contributed by atoms with Crippen molar-refractivity contribution >= 4 is 0 Å². The highest BCUT2D eigenvalue weighted by Gasteiger charge is 2.35. The molecular weight excluding hydrogens is 265 g/mol. The number of hydrogen-bond donors (Lipinski definition) is 1. The van der Waals surface area contributed by atoms with E-state index in [0.29, 0.717) is 0 Å². The van der Waals surface area contributed by atoms with Gasteiger partial charge in [-0.05, 0) is 11.5 Å². The summed E-state index contributed by atoms with van der Waals surface area (Å²) in [6.45, 7) is 9.12. The van der Waals surface area contributed by atoms with E-state index in [1.54, 1.807) is 0 Å². The molecule has 1 saturated heterocycles. The number of nitrogens with one attached hydrogen (secondary N) is 1. The fourth-order valence-electron chi connectivity index (χ4n) is 2.90. The van der Waals surface area contributed by atoms with Crippen molar-refractivity contribution < 1.29 is 13.2 Å². The van der Waals surface area contributed by atoms with Gasteiger partial charge in [-0.15, -0.1) is 0 Å². The van der Waals surface area contributed by atoms with Gasteiger partial charge in [0.1, 0.15) is 0 Å². The van der Waals surface area contributed by atoms with Crippen LogP contribution in [0.4, 0.5) is 13.2 Å². The Morgan fingerprint density at radius 2 is 1.65 bits per heavy atom. The molecule has 1 aromatic carbocycles. The summed E-state index contributed by atoms with van der Waals surface area (Å²) in [4.78, 5) is 2.13. The summed E-state index contributed by atoms with van der Waals surface area (Å²) in [6, 6.07) is 2.10. The predicted molar refractivity (Wildman–Crippen MR) is 73.0 cm³/mol. The Kier molecular flexibility index (Phi) is 4.39. The second-order valence-electron chi connectivity index (χ2n) is 6.32. The maximum absolute atomic E-state index is 14.1. The van der Waals surface area contributed by atoms with Gasteiger partial charge in [-0.2, -0.15) is 0 Å². The number of piperazine rings is 1. The largest absolute Gasteiger partial charge is 0.314 e. The SMILES string of the molecule is CC(C)(C)[C@H](c1ccc(F)c(F)c1F)N1CCNCC1. The first-order valence-corrected chi connectivity index (χ1v) is 6.90. The van der Waals surface area contributed by atoms with Gasteiger partial charge in [0.05, 0.1) is 0 Å². The first-order chi connectivity index (χ1) is 9.32. The normalized spacial score (nSPS) is 19.1. The van der Waals surface area contributed by atoms with E-state index < -0.39 is 17.5 Å². The van der Waals surface area contributed by atoms with Crippen LogP contribution in [0.1, 0.15) is 32.4 Å². The molecule has 1 fully saturated rings. The van der Waals surface area contributed by atoms with E-state index in [1.165, 1.54) is 6.07 Å². The van der Waals surface area contributed by atoms with Crippen LogP contribution in [-0.2, 0) is 0 Å². The van der Waals surface area contributed by atoms with Gasteiger partial charge in [-0.3, -0.25) is 4.90 Å². The van der Waals surface area contributed by atoms with Crippen LogP contribution in [0.2, 0.25) is 0 Å². The molecule has 1 N–H and O–H groups in total. The van der Waals surface area contributed by atoms with Crippen molar-refractivity contribution in [2.24, 2.45) is 5.41 Å². The Labute approximate surface area is 118 Å². The van der Waals surface area contributed by atoms with E-state index in [1.807, 2.05) is 20.8 Å². The zero-order valence-corrected chi connectivity index (χ0v) is 12.1. The summed E-state index contributed by atoms with van der Waals surface area (Å²) in [7, 11) is 0. The van der Waals surface area contributed by atoms with Crippen LogP contribution in [0.3, 0.4) is 0 Å². The van der Waals surface area contributed by atoms with Gasteiger partial charge < -0.3 is 5.32 Å². The van der Waals surface area contributed by atoms with Crippen molar-refractivity contribution in [3.05, 3.63) is 35.1 Å². The van der Waals surface area contributed by atoms with Crippen LogP contribution in [0.5, 0.6) is 0 Å². The molecule has 1 aliphatic rings. The average molecular weight is 286 g/mol. The van der Waals surface area contributed by atoms with E-state index in [2.05, 4.69) is 10.2 Å². The van der Waals surface area contributed by atoms with Crippen LogP contribution >= 0.6 is 0 Å². The molecule has 0 bridgehead atoms. The quantitative estimate of drug-likeness (QED) is 0.840. The van der Waals surface area contributed by atoms with Gasteiger partial charge in [-0.1, -0.05) is 26.8 Å². The van der Waals surface area contributed by atoms with E-state index in [4.69, 9.17) is 0 Å². The number of rotatable bonds is 2. The lowest BCUT2D eigenvalue weighted by molar-refractivity contribution is 0.0827. The summed E-state index contributed by atoms with van der Waals surface area (Å²) in [6.07, 6.45) is 0. The number of hydrogen-bond acceptors (Lipinski definition) is 2. The first-order valence-electron chi connectivity index (χ1n) is 6.90. The lowest BCUT2D eigenvalue weighted by atomic mass is 9.80. The molecule has 1 aliphatic heterocycles. The molecule has 0 radical (unpaired) electrons. The van der Waals surface area contributed by atoms with Gasteiger partial charge in [0.25, 0.3) is 0 Å². The minimum Gasteiger partial charge on any atom is -0.314 e. The zero-order chi connectivity index (χ0) is 14.9. The number of nitrogens with zero attached hydrogens (tertiary/aromatic N) is 1. The summed E-state index contributed by atoms with van der Waals surface area (Å²) in [5.74, 6) is -3.59. The highest BCUT2D eigenvalue weighted by Crippen LogP contribution is 2.39. The molecule has 0 unspecified atom stereocenters. The third-order valence-electron chi connectivity index (χ3n) is 3.70. The molecule has 0 aromatic heterocycles. The van der Waals surface area contributed by atoms with Crippen molar-refractivity contribution in [3.8, 4) is 0 Å². The van der Waals surface area contributed by atoms with Gasteiger partial charge >= 0.3 is 0 Å². The molecule has 20 heavy (non-hydrogen) atoms. The molecule has 5 heteroatoms. The molecule has 0 saturated carbocycles. The lowest BCUT2D eigenvalue weighted by Gasteiger charge is -2.42. The summed E-state index contributed by atoms with van der Waals surface area (Å²) >= 11 is 0. The van der Waals surface area contributed by atoms with E-state index >= 15 is 0 Å². The molecule has 1 heterocycles. The van der Waals surface area contributed by atoms with E-state index in [9.17, 15) is 13.2 Å². The zero-order valence-electron chi connectivity index (χ0n) is 12.1.